The molecule has 0 radical (unpaired) electrons. The molecule has 1 aromatic heterocycles. The minimum atomic E-state index is 0.280. The van der Waals surface area contributed by atoms with Crippen LogP contribution in [0.25, 0.3) is 6.20 Å². The zero-order chi connectivity index (χ0) is 9.10. The highest BCUT2D eigenvalue weighted by Crippen LogP contribution is 2.14. The highest BCUT2D eigenvalue weighted by Gasteiger charge is 2.15. The summed E-state index contributed by atoms with van der Waals surface area (Å²) in [7, 11) is 0. The van der Waals surface area contributed by atoms with Gasteiger partial charge in [-0.15, -0.1) is 0 Å². The van der Waals surface area contributed by atoms with E-state index in [1.165, 1.54) is 0 Å². The first kappa shape index (κ1) is 8.47. The molecule has 1 aliphatic rings. The first-order valence-electron chi connectivity index (χ1n) is 4.38. The fourth-order valence-corrected chi connectivity index (χ4v) is 1.41. The highest BCUT2D eigenvalue weighted by atomic mass is 16.5. The molecule has 0 saturated carbocycles. The smallest absolute Gasteiger partial charge is 0.0663 e. The SMILES string of the molecule is C=Cn1cc(C2COCCN2)cn1. The number of ether oxygens (including phenoxy) is 1. The van der Waals surface area contributed by atoms with Crippen LogP contribution in [0.15, 0.2) is 19.0 Å². The zero-order valence-corrected chi connectivity index (χ0v) is 7.44. The van der Waals surface area contributed by atoms with Crippen LogP contribution in [0.5, 0.6) is 0 Å². The minimum absolute atomic E-state index is 0.280. The second-order valence-electron chi connectivity index (χ2n) is 3.02. The van der Waals surface area contributed by atoms with Crippen LogP contribution >= 0.6 is 0 Å². The van der Waals surface area contributed by atoms with Gasteiger partial charge in [0.15, 0.2) is 0 Å². The van der Waals surface area contributed by atoms with Crippen molar-refractivity contribution in [3.05, 3.63) is 24.5 Å². The van der Waals surface area contributed by atoms with Crippen molar-refractivity contribution in [1.29, 1.82) is 0 Å². The molecule has 4 nitrogen and oxygen atoms in total. The van der Waals surface area contributed by atoms with Crippen LogP contribution in [0.4, 0.5) is 0 Å². The molecule has 1 atom stereocenters. The van der Waals surface area contributed by atoms with Gasteiger partial charge in [0.2, 0.25) is 0 Å². The van der Waals surface area contributed by atoms with Gasteiger partial charge in [-0.1, -0.05) is 6.58 Å². The lowest BCUT2D eigenvalue weighted by atomic mass is 10.1. The molecule has 0 bridgehead atoms. The molecule has 0 aliphatic carbocycles. The normalized spacial score (nSPS) is 22.9. The second-order valence-corrected chi connectivity index (χ2v) is 3.02. The molecule has 2 heterocycles. The van der Waals surface area contributed by atoms with Gasteiger partial charge in [-0.3, -0.25) is 0 Å². The van der Waals surface area contributed by atoms with Crippen molar-refractivity contribution < 1.29 is 4.74 Å². The number of aromatic nitrogens is 2. The van der Waals surface area contributed by atoms with Gasteiger partial charge >= 0.3 is 0 Å². The Labute approximate surface area is 77.2 Å². The van der Waals surface area contributed by atoms with E-state index in [-0.39, 0.29) is 6.04 Å². The van der Waals surface area contributed by atoms with Gasteiger partial charge in [-0.05, 0) is 0 Å². The van der Waals surface area contributed by atoms with Crippen LogP contribution in [0.2, 0.25) is 0 Å². The molecule has 1 N–H and O–H groups in total. The molecule has 2 rings (SSSR count). The average Bonchev–Trinajstić information content (AvgIpc) is 2.67. The molecule has 0 spiro atoms. The lowest BCUT2D eigenvalue weighted by Gasteiger charge is -2.22. The Morgan fingerprint density at radius 3 is 3.31 bits per heavy atom. The predicted molar refractivity (Wildman–Crippen MR) is 50.2 cm³/mol. The topological polar surface area (TPSA) is 39.1 Å². The van der Waals surface area contributed by atoms with Gasteiger partial charge in [0.05, 0.1) is 25.5 Å². The number of rotatable bonds is 2. The molecule has 1 fully saturated rings. The summed E-state index contributed by atoms with van der Waals surface area (Å²) in [5.41, 5.74) is 1.15. The molecule has 0 aromatic carbocycles. The van der Waals surface area contributed by atoms with E-state index in [1.807, 2.05) is 12.4 Å². The van der Waals surface area contributed by atoms with Gasteiger partial charge in [0.25, 0.3) is 0 Å². The van der Waals surface area contributed by atoms with Crippen molar-refractivity contribution in [1.82, 2.24) is 15.1 Å². The third kappa shape index (κ3) is 1.79. The van der Waals surface area contributed by atoms with Crippen LogP contribution in [-0.2, 0) is 4.74 Å². The van der Waals surface area contributed by atoms with Crippen molar-refractivity contribution in [2.75, 3.05) is 19.8 Å². The first-order chi connectivity index (χ1) is 6.40. The van der Waals surface area contributed by atoms with Crippen LogP contribution in [-0.4, -0.2) is 29.5 Å². The van der Waals surface area contributed by atoms with E-state index in [0.29, 0.717) is 0 Å². The summed E-state index contributed by atoms with van der Waals surface area (Å²) in [6, 6.07) is 0.280. The largest absolute Gasteiger partial charge is 0.378 e. The Bertz CT molecular complexity index is 289. The predicted octanol–water partition coefficient (Wildman–Crippen LogP) is 0.644. The molecule has 1 aromatic rings. The molecule has 1 saturated heterocycles. The number of hydrogen-bond donors (Lipinski definition) is 1. The number of nitrogens with one attached hydrogen (secondary N) is 1. The Hall–Kier alpha value is -1.13. The minimum Gasteiger partial charge on any atom is -0.378 e. The highest BCUT2D eigenvalue weighted by molar-refractivity contribution is 5.20. The number of nitrogens with zero attached hydrogens (tertiary/aromatic N) is 2. The monoisotopic (exact) mass is 179 g/mol. The first-order valence-corrected chi connectivity index (χ1v) is 4.38. The molecule has 1 unspecified atom stereocenters. The second kappa shape index (κ2) is 3.72. The molecule has 0 amide bonds. The third-order valence-corrected chi connectivity index (χ3v) is 2.13. The average molecular weight is 179 g/mol. The molecule has 1 aliphatic heterocycles. The maximum absolute atomic E-state index is 5.35. The number of morpholine rings is 1. The summed E-state index contributed by atoms with van der Waals surface area (Å²) in [6.07, 6.45) is 5.47. The quantitative estimate of drug-likeness (QED) is 0.724. The van der Waals surface area contributed by atoms with Crippen LogP contribution in [0.1, 0.15) is 11.6 Å². The van der Waals surface area contributed by atoms with Crippen molar-refractivity contribution in [3.63, 3.8) is 0 Å². The standard InChI is InChI=1S/C9H13N3O/c1-2-12-6-8(5-11-12)9-7-13-4-3-10-9/h2,5-6,9-10H,1,3-4,7H2. The summed E-state index contributed by atoms with van der Waals surface area (Å²) in [6.45, 7) is 6.07. The van der Waals surface area contributed by atoms with Crippen LogP contribution in [0.3, 0.4) is 0 Å². The van der Waals surface area contributed by atoms with E-state index in [4.69, 9.17) is 4.74 Å². The zero-order valence-electron chi connectivity index (χ0n) is 7.44. The summed E-state index contributed by atoms with van der Waals surface area (Å²) in [5.74, 6) is 0. The van der Waals surface area contributed by atoms with Crippen LogP contribution in [0, 0.1) is 0 Å². The third-order valence-electron chi connectivity index (χ3n) is 2.13. The van der Waals surface area contributed by atoms with E-state index in [1.54, 1.807) is 10.9 Å². The van der Waals surface area contributed by atoms with Gasteiger partial charge < -0.3 is 10.1 Å². The van der Waals surface area contributed by atoms with Crippen LogP contribution < -0.4 is 5.32 Å². The van der Waals surface area contributed by atoms with Crippen molar-refractivity contribution in [2.45, 2.75) is 6.04 Å². The van der Waals surface area contributed by atoms with Gasteiger partial charge in [-0.2, -0.15) is 5.10 Å². The number of hydrogen-bond acceptors (Lipinski definition) is 3. The van der Waals surface area contributed by atoms with E-state index in [2.05, 4.69) is 17.0 Å². The fraction of sp³-hybridized carbons (Fsp3) is 0.444. The summed E-state index contributed by atoms with van der Waals surface area (Å²) < 4.78 is 7.05. The molecule has 13 heavy (non-hydrogen) atoms. The fourth-order valence-electron chi connectivity index (χ4n) is 1.41. The lowest BCUT2D eigenvalue weighted by molar-refractivity contribution is 0.0769. The maximum Gasteiger partial charge on any atom is 0.0663 e. The Morgan fingerprint density at radius 1 is 1.77 bits per heavy atom. The van der Waals surface area contributed by atoms with E-state index >= 15 is 0 Å². The Kier molecular flexibility index (Phi) is 2.42. The van der Waals surface area contributed by atoms with E-state index in [0.717, 1.165) is 25.3 Å². The maximum atomic E-state index is 5.35. The summed E-state index contributed by atoms with van der Waals surface area (Å²) >= 11 is 0. The molecule has 70 valence electrons. The van der Waals surface area contributed by atoms with Crippen molar-refractivity contribution >= 4 is 6.20 Å². The summed E-state index contributed by atoms with van der Waals surface area (Å²) in [5, 5.41) is 7.47. The van der Waals surface area contributed by atoms with E-state index < -0.39 is 0 Å². The lowest BCUT2D eigenvalue weighted by Crippen LogP contribution is -2.34. The van der Waals surface area contributed by atoms with Crippen molar-refractivity contribution in [3.8, 4) is 0 Å². The Balaban J connectivity index is 2.09. The van der Waals surface area contributed by atoms with Crippen molar-refractivity contribution in [2.24, 2.45) is 0 Å². The molecule has 4 heteroatoms. The van der Waals surface area contributed by atoms with Gasteiger partial charge in [-0.25, -0.2) is 4.68 Å². The van der Waals surface area contributed by atoms with Gasteiger partial charge in [0.1, 0.15) is 0 Å². The van der Waals surface area contributed by atoms with E-state index in [9.17, 15) is 0 Å². The van der Waals surface area contributed by atoms with Gasteiger partial charge in [0, 0.05) is 24.5 Å². The molecular weight excluding hydrogens is 166 g/mol. The Morgan fingerprint density at radius 2 is 2.69 bits per heavy atom. The summed E-state index contributed by atoms with van der Waals surface area (Å²) in [4.78, 5) is 0. The molecular formula is C9H13N3O.